The summed E-state index contributed by atoms with van der Waals surface area (Å²) in [6.45, 7) is 10.1. The van der Waals surface area contributed by atoms with Gasteiger partial charge >= 0.3 is 0 Å². The molecule has 1 saturated heterocycles. The molecule has 1 aliphatic rings. The van der Waals surface area contributed by atoms with E-state index in [1.165, 1.54) is 6.07 Å². The molecule has 0 aliphatic carbocycles. The number of fused-ring (bicyclic) bond motifs is 2. The standard InChI is InChI=1S/C25H28FN7O/c1-15-12-33-14-17(11-20(26)23(33)28-15)29-24(34)19-5-6-21(18-7-9-27-31-22(18)19)32-10-8-16(13-32)30-25(2,3)4/h5-7,9,11-12,14,16,30H,8,10,13H2,1-4H3,(H,29,34). The molecule has 1 amide bonds. The minimum atomic E-state index is -0.502. The van der Waals surface area contributed by atoms with Crippen LogP contribution in [0.2, 0.25) is 0 Å². The van der Waals surface area contributed by atoms with Gasteiger partial charge in [0.25, 0.3) is 5.91 Å². The maximum atomic E-state index is 14.5. The summed E-state index contributed by atoms with van der Waals surface area (Å²) in [4.78, 5) is 19.6. The number of aryl methyl sites for hydroxylation is 1. The molecule has 0 spiro atoms. The summed E-state index contributed by atoms with van der Waals surface area (Å²) < 4.78 is 16.0. The van der Waals surface area contributed by atoms with Crippen molar-refractivity contribution in [2.24, 2.45) is 0 Å². The van der Waals surface area contributed by atoms with Gasteiger partial charge in [-0.05, 0) is 52.3 Å². The van der Waals surface area contributed by atoms with Gasteiger partial charge in [0.1, 0.15) is 5.52 Å². The Kier molecular flexibility index (Phi) is 5.44. The third kappa shape index (κ3) is 4.31. The average molecular weight is 462 g/mol. The number of halogens is 1. The molecular weight excluding hydrogens is 433 g/mol. The fourth-order valence-electron chi connectivity index (χ4n) is 4.68. The quantitative estimate of drug-likeness (QED) is 0.479. The van der Waals surface area contributed by atoms with E-state index < -0.39 is 5.82 Å². The highest BCUT2D eigenvalue weighted by atomic mass is 19.1. The van der Waals surface area contributed by atoms with Gasteiger partial charge in [0, 0.05) is 54.2 Å². The Bertz CT molecular complexity index is 1390. The van der Waals surface area contributed by atoms with E-state index in [1.54, 1.807) is 36.0 Å². The second-order valence-corrected chi connectivity index (χ2v) is 9.90. The monoisotopic (exact) mass is 461 g/mol. The molecule has 4 heterocycles. The Morgan fingerprint density at radius 2 is 2.03 bits per heavy atom. The van der Waals surface area contributed by atoms with Crippen molar-refractivity contribution in [3.8, 4) is 0 Å². The summed E-state index contributed by atoms with van der Waals surface area (Å²) in [5, 5.41) is 15.6. The first-order valence-electron chi connectivity index (χ1n) is 11.4. The van der Waals surface area contributed by atoms with Crippen LogP contribution >= 0.6 is 0 Å². The molecule has 1 fully saturated rings. The molecular formula is C25H28FN7O. The van der Waals surface area contributed by atoms with Crippen molar-refractivity contribution >= 4 is 33.8 Å². The molecule has 0 radical (unpaired) electrons. The average Bonchev–Trinajstić information content (AvgIpc) is 3.37. The fraction of sp³-hybridized carbons (Fsp3) is 0.360. The molecule has 8 nitrogen and oxygen atoms in total. The largest absolute Gasteiger partial charge is 0.369 e. The van der Waals surface area contributed by atoms with E-state index in [-0.39, 0.29) is 17.1 Å². The van der Waals surface area contributed by atoms with Crippen LogP contribution in [0.5, 0.6) is 0 Å². The second kappa shape index (κ2) is 8.32. The predicted octanol–water partition coefficient (Wildman–Crippen LogP) is 3.94. The molecule has 9 heteroatoms. The smallest absolute Gasteiger partial charge is 0.257 e. The number of hydrogen-bond donors (Lipinski definition) is 2. The third-order valence-corrected chi connectivity index (χ3v) is 5.95. The SMILES string of the molecule is Cc1cn2cc(NC(=O)c3ccc(N4CCC(NC(C)(C)C)C4)c4ccnnc34)cc(F)c2n1. The number of carbonyl (C=O) groups excluding carboxylic acids is 1. The molecule has 0 bridgehead atoms. The van der Waals surface area contributed by atoms with Gasteiger partial charge < -0.3 is 19.9 Å². The van der Waals surface area contributed by atoms with Crippen LogP contribution in [0, 0.1) is 12.7 Å². The van der Waals surface area contributed by atoms with Crippen molar-refractivity contribution in [1.29, 1.82) is 0 Å². The van der Waals surface area contributed by atoms with Crippen molar-refractivity contribution in [3.05, 3.63) is 59.9 Å². The Morgan fingerprint density at radius 3 is 2.82 bits per heavy atom. The van der Waals surface area contributed by atoms with Crippen LogP contribution in [0.15, 0.2) is 42.9 Å². The van der Waals surface area contributed by atoms with Gasteiger partial charge in [-0.3, -0.25) is 4.79 Å². The minimum Gasteiger partial charge on any atom is -0.369 e. The molecule has 2 N–H and O–H groups in total. The summed E-state index contributed by atoms with van der Waals surface area (Å²) in [5.74, 6) is -0.875. The molecule has 1 aromatic carbocycles. The number of anilines is 2. The first kappa shape index (κ1) is 22.2. The van der Waals surface area contributed by atoms with Crippen molar-refractivity contribution in [3.63, 3.8) is 0 Å². The zero-order valence-corrected chi connectivity index (χ0v) is 19.8. The van der Waals surface area contributed by atoms with Crippen LogP contribution in [0.4, 0.5) is 15.8 Å². The summed E-state index contributed by atoms with van der Waals surface area (Å²) in [6, 6.07) is 7.28. The lowest BCUT2D eigenvalue weighted by Gasteiger charge is -2.26. The number of amides is 1. The van der Waals surface area contributed by atoms with E-state index >= 15 is 0 Å². The van der Waals surface area contributed by atoms with Crippen molar-refractivity contribution in [2.75, 3.05) is 23.3 Å². The van der Waals surface area contributed by atoms with Gasteiger partial charge in [-0.1, -0.05) is 0 Å². The molecule has 3 aromatic heterocycles. The number of nitrogens with one attached hydrogen (secondary N) is 2. The van der Waals surface area contributed by atoms with Gasteiger partial charge in [0.15, 0.2) is 11.5 Å². The lowest BCUT2D eigenvalue weighted by atomic mass is 10.1. The fourth-order valence-corrected chi connectivity index (χ4v) is 4.68. The molecule has 1 aliphatic heterocycles. The number of pyridine rings is 1. The zero-order valence-electron chi connectivity index (χ0n) is 19.8. The third-order valence-electron chi connectivity index (χ3n) is 5.95. The maximum Gasteiger partial charge on any atom is 0.257 e. The number of rotatable bonds is 4. The van der Waals surface area contributed by atoms with Crippen molar-refractivity contribution in [1.82, 2.24) is 24.9 Å². The normalized spacial score (nSPS) is 16.5. The van der Waals surface area contributed by atoms with E-state index in [9.17, 15) is 9.18 Å². The zero-order chi connectivity index (χ0) is 24.0. The van der Waals surface area contributed by atoms with E-state index in [1.807, 2.05) is 12.1 Å². The Morgan fingerprint density at radius 1 is 1.21 bits per heavy atom. The Labute approximate surface area is 197 Å². The summed E-state index contributed by atoms with van der Waals surface area (Å²) in [5.41, 5.74) is 3.24. The predicted molar refractivity (Wildman–Crippen MR) is 131 cm³/mol. The maximum absolute atomic E-state index is 14.5. The topological polar surface area (TPSA) is 87.5 Å². The van der Waals surface area contributed by atoms with Crippen molar-refractivity contribution < 1.29 is 9.18 Å². The lowest BCUT2D eigenvalue weighted by molar-refractivity contribution is 0.102. The lowest BCUT2D eigenvalue weighted by Crippen LogP contribution is -2.44. The number of nitrogens with zero attached hydrogens (tertiary/aromatic N) is 5. The summed E-state index contributed by atoms with van der Waals surface area (Å²) in [7, 11) is 0. The summed E-state index contributed by atoms with van der Waals surface area (Å²) in [6.07, 6.45) is 6.03. The number of carbonyl (C=O) groups is 1. The molecule has 0 saturated carbocycles. The van der Waals surface area contributed by atoms with E-state index in [0.29, 0.717) is 28.5 Å². The van der Waals surface area contributed by atoms with E-state index in [2.05, 4.69) is 51.5 Å². The van der Waals surface area contributed by atoms with Crippen LogP contribution in [-0.2, 0) is 0 Å². The van der Waals surface area contributed by atoms with Crippen LogP contribution in [0.25, 0.3) is 16.6 Å². The highest BCUT2D eigenvalue weighted by Crippen LogP contribution is 2.31. The number of imidazole rings is 1. The van der Waals surface area contributed by atoms with Gasteiger partial charge in [-0.15, -0.1) is 5.10 Å². The van der Waals surface area contributed by atoms with Crippen LogP contribution < -0.4 is 15.5 Å². The molecule has 5 rings (SSSR count). The highest BCUT2D eigenvalue weighted by molar-refractivity contribution is 6.13. The molecule has 4 aromatic rings. The van der Waals surface area contributed by atoms with Crippen LogP contribution in [-0.4, -0.2) is 50.2 Å². The second-order valence-electron chi connectivity index (χ2n) is 9.90. The van der Waals surface area contributed by atoms with Gasteiger partial charge in [-0.25, -0.2) is 9.37 Å². The molecule has 176 valence electrons. The molecule has 1 unspecified atom stereocenters. The first-order chi connectivity index (χ1) is 16.2. The van der Waals surface area contributed by atoms with Crippen molar-refractivity contribution in [2.45, 2.75) is 45.7 Å². The summed E-state index contributed by atoms with van der Waals surface area (Å²) >= 11 is 0. The molecule has 34 heavy (non-hydrogen) atoms. The van der Waals surface area contributed by atoms with E-state index in [4.69, 9.17) is 0 Å². The van der Waals surface area contributed by atoms with Gasteiger partial charge in [0.2, 0.25) is 0 Å². The first-order valence-corrected chi connectivity index (χ1v) is 11.4. The van der Waals surface area contributed by atoms with Crippen LogP contribution in [0.3, 0.4) is 0 Å². The number of hydrogen-bond acceptors (Lipinski definition) is 6. The molecule has 1 atom stereocenters. The number of benzene rings is 1. The Balaban J connectivity index is 1.43. The van der Waals surface area contributed by atoms with Crippen LogP contribution in [0.1, 0.15) is 43.2 Å². The minimum absolute atomic E-state index is 0.0497. The number of aromatic nitrogens is 4. The van der Waals surface area contributed by atoms with Gasteiger partial charge in [0.05, 0.1) is 23.1 Å². The van der Waals surface area contributed by atoms with E-state index in [0.717, 1.165) is 30.6 Å². The highest BCUT2D eigenvalue weighted by Gasteiger charge is 2.27. The van der Waals surface area contributed by atoms with Gasteiger partial charge in [-0.2, -0.15) is 5.10 Å². The Hall–Kier alpha value is -3.59.